The quantitative estimate of drug-likeness (QED) is 0.746. The van der Waals surface area contributed by atoms with Crippen LogP contribution in [0.1, 0.15) is 40.5 Å². The van der Waals surface area contributed by atoms with E-state index in [0.29, 0.717) is 6.04 Å². The Hall–Kier alpha value is -1.44. The molecule has 2 heteroatoms. The van der Waals surface area contributed by atoms with Gasteiger partial charge in [-0.1, -0.05) is 27.7 Å². The molecule has 0 bridgehead atoms. The predicted molar refractivity (Wildman–Crippen MR) is 84.6 cm³/mol. The van der Waals surface area contributed by atoms with Crippen molar-refractivity contribution in [3.05, 3.63) is 30.5 Å². The zero-order valence-corrected chi connectivity index (χ0v) is 12.5. The third kappa shape index (κ3) is 4.02. The molecule has 0 atom stereocenters. The summed E-state index contributed by atoms with van der Waals surface area (Å²) in [5, 5.41) is 4.99. The molecule has 0 aliphatic rings. The number of anilines is 1. The summed E-state index contributed by atoms with van der Waals surface area (Å²) in [7, 11) is 0. The fourth-order valence-electron chi connectivity index (χ4n) is 2.73. The molecule has 2 aromatic rings. The predicted octanol–water partition coefficient (Wildman–Crippen LogP) is 5.04. The van der Waals surface area contributed by atoms with Gasteiger partial charge in [0.15, 0.2) is 0 Å². The SMILES string of the molecule is CC(C)CC(CC(C)C)Nc1ccc2[nH]ccc2c1. The first-order chi connectivity index (χ1) is 9.04. The summed E-state index contributed by atoms with van der Waals surface area (Å²) in [5.41, 5.74) is 2.44. The zero-order valence-electron chi connectivity index (χ0n) is 12.5. The minimum atomic E-state index is 0.566. The molecule has 0 saturated carbocycles. The van der Waals surface area contributed by atoms with Crippen LogP contribution in [-0.2, 0) is 0 Å². The van der Waals surface area contributed by atoms with Crippen LogP contribution in [0.2, 0.25) is 0 Å². The molecule has 0 saturated heterocycles. The van der Waals surface area contributed by atoms with E-state index in [-0.39, 0.29) is 0 Å². The first-order valence-electron chi connectivity index (χ1n) is 7.38. The molecule has 2 rings (SSSR count). The van der Waals surface area contributed by atoms with E-state index in [1.165, 1.54) is 29.4 Å². The van der Waals surface area contributed by atoms with Crippen LogP contribution in [0.4, 0.5) is 5.69 Å². The van der Waals surface area contributed by atoms with Crippen LogP contribution < -0.4 is 5.32 Å². The maximum absolute atomic E-state index is 3.71. The molecule has 104 valence electrons. The van der Waals surface area contributed by atoms with Crippen molar-refractivity contribution in [2.45, 2.75) is 46.6 Å². The summed E-state index contributed by atoms with van der Waals surface area (Å²) < 4.78 is 0. The standard InChI is InChI=1S/C17H26N2/c1-12(2)9-16(10-13(3)4)19-15-5-6-17-14(11-15)7-8-18-17/h5-8,11-13,16,18-19H,9-10H2,1-4H3. The molecule has 19 heavy (non-hydrogen) atoms. The van der Waals surface area contributed by atoms with Crippen LogP contribution in [0.25, 0.3) is 10.9 Å². The second-order valence-corrected chi connectivity index (χ2v) is 6.38. The van der Waals surface area contributed by atoms with Gasteiger partial charge in [0.05, 0.1) is 0 Å². The summed E-state index contributed by atoms with van der Waals surface area (Å²) in [5.74, 6) is 1.46. The second kappa shape index (κ2) is 6.14. The Balaban J connectivity index is 2.10. The van der Waals surface area contributed by atoms with E-state index in [0.717, 1.165) is 11.8 Å². The molecule has 0 unspecified atom stereocenters. The minimum Gasteiger partial charge on any atom is -0.382 e. The molecular weight excluding hydrogens is 232 g/mol. The van der Waals surface area contributed by atoms with Crippen molar-refractivity contribution in [2.24, 2.45) is 11.8 Å². The summed E-state index contributed by atoms with van der Waals surface area (Å²) in [6.07, 6.45) is 4.45. The largest absolute Gasteiger partial charge is 0.382 e. The summed E-state index contributed by atoms with van der Waals surface area (Å²) in [6, 6.07) is 9.25. The minimum absolute atomic E-state index is 0.566. The lowest BCUT2D eigenvalue weighted by molar-refractivity contribution is 0.442. The highest BCUT2D eigenvalue weighted by Crippen LogP contribution is 2.22. The monoisotopic (exact) mass is 258 g/mol. The third-order valence-corrected chi connectivity index (χ3v) is 3.44. The Morgan fingerprint density at radius 3 is 2.32 bits per heavy atom. The number of aromatic amines is 1. The van der Waals surface area contributed by atoms with Gasteiger partial charge in [0, 0.05) is 28.8 Å². The molecule has 1 heterocycles. The van der Waals surface area contributed by atoms with Crippen molar-refractivity contribution >= 4 is 16.6 Å². The number of benzene rings is 1. The number of rotatable bonds is 6. The highest BCUT2D eigenvalue weighted by molar-refractivity contribution is 5.83. The van der Waals surface area contributed by atoms with Gasteiger partial charge >= 0.3 is 0 Å². The molecule has 1 aromatic carbocycles. The van der Waals surface area contributed by atoms with Gasteiger partial charge in [-0.2, -0.15) is 0 Å². The maximum Gasteiger partial charge on any atom is 0.0455 e. The van der Waals surface area contributed by atoms with Gasteiger partial charge in [-0.05, 0) is 48.9 Å². The van der Waals surface area contributed by atoms with Gasteiger partial charge in [-0.25, -0.2) is 0 Å². The lowest BCUT2D eigenvalue weighted by Crippen LogP contribution is -2.23. The molecule has 0 radical (unpaired) electrons. The Bertz CT molecular complexity index is 501. The lowest BCUT2D eigenvalue weighted by Gasteiger charge is -2.23. The van der Waals surface area contributed by atoms with Crippen LogP contribution in [-0.4, -0.2) is 11.0 Å². The average molecular weight is 258 g/mol. The zero-order chi connectivity index (χ0) is 13.8. The van der Waals surface area contributed by atoms with E-state index in [4.69, 9.17) is 0 Å². The molecule has 0 amide bonds. The fraction of sp³-hybridized carbons (Fsp3) is 0.529. The number of aromatic nitrogens is 1. The van der Waals surface area contributed by atoms with Gasteiger partial charge in [0.25, 0.3) is 0 Å². The van der Waals surface area contributed by atoms with Gasteiger partial charge < -0.3 is 10.3 Å². The average Bonchev–Trinajstić information content (AvgIpc) is 2.74. The van der Waals surface area contributed by atoms with E-state index < -0.39 is 0 Å². The van der Waals surface area contributed by atoms with Crippen LogP contribution in [0.15, 0.2) is 30.5 Å². The first kappa shape index (κ1) is 14.0. The highest BCUT2D eigenvalue weighted by atomic mass is 14.9. The molecule has 0 aliphatic carbocycles. The van der Waals surface area contributed by atoms with Crippen LogP contribution in [0, 0.1) is 11.8 Å². The summed E-state index contributed by atoms with van der Waals surface area (Å²) in [4.78, 5) is 3.24. The van der Waals surface area contributed by atoms with Gasteiger partial charge in [0.1, 0.15) is 0 Å². The highest BCUT2D eigenvalue weighted by Gasteiger charge is 2.13. The van der Waals surface area contributed by atoms with Crippen LogP contribution >= 0.6 is 0 Å². The van der Waals surface area contributed by atoms with E-state index in [2.05, 4.69) is 62.3 Å². The number of nitrogens with one attached hydrogen (secondary N) is 2. The van der Waals surface area contributed by atoms with E-state index >= 15 is 0 Å². The number of fused-ring (bicyclic) bond motifs is 1. The molecule has 0 fully saturated rings. The topological polar surface area (TPSA) is 27.8 Å². The molecule has 2 N–H and O–H groups in total. The Morgan fingerprint density at radius 1 is 1.00 bits per heavy atom. The van der Waals surface area contributed by atoms with E-state index in [1.807, 2.05) is 6.20 Å². The van der Waals surface area contributed by atoms with Crippen molar-refractivity contribution in [3.63, 3.8) is 0 Å². The lowest BCUT2D eigenvalue weighted by atomic mass is 9.95. The number of hydrogen-bond donors (Lipinski definition) is 2. The molecule has 0 spiro atoms. The number of hydrogen-bond acceptors (Lipinski definition) is 1. The van der Waals surface area contributed by atoms with E-state index in [1.54, 1.807) is 0 Å². The third-order valence-electron chi connectivity index (χ3n) is 3.44. The Morgan fingerprint density at radius 2 is 1.68 bits per heavy atom. The van der Waals surface area contributed by atoms with Crippen molar-refractivity contribution in [3.8, 4) is 0 Å². The van der Waals surface area contributed by atoms with E-state index in [9.17, 15) is 0 Å². The normalized spacial score (nSPS) is 11.9. The first-order valence-corrected chi connectivity index (χ1v) is 7.38. The molecule has 2 nitrogen and oxygen atoms in total. The van der Waals surface area contributed by atoms with Crippen LogP contribution in [0.3, 0.4) is 0 Å². The van der Waals surface area contributed by atoms with Crippen molar-refractivity contribution in [2.75, 3.05) is 5.32 Å². The molecule has 1 aromatic heterocycles. The second-order valence-electron chi connectivity index (χ2n) is 6.38. The molecule has 0 aliphatic heterocycles. The Kier molecular flexibility index (Phi) is 4.52. The smallest absolute Gasteiger partial charge is 0.0455 e. The maximum atomic E-state index is 3.71. The van der Waals surface area contributed by atoms with Crippen LogP contribution in [0.5, 0.6) is 0 Å². The number of H-pyrrole nitrogens is 1. The van der Waals surface area contributed by atoms with Gasteiger partial charge in [-0.3, -0.25) is 0 Å². The van der Waals surface area contributed by atoms with Crippen molar-refractivity contribution < 1.29 is 0 Å². The molecular formula is C17H26N2. The summed E-state index contributed by atoms with van der Waals surface area (Å²) in [6.45, 7) is 9.18. The Labute approximate surface area is 116 Å². The summed E-state index contributed by atoms with van der Waals surface area (Å²) >= 11 is 0. The fourth-order valence-corrected chi connectivity index (χ4v) is 2.73. The van der Waals surface area contributed by atoms with Crippen molar-refractivity contribution in [1.29, 1.82) is 0 Å². The van der Waals surface area contributed by atoms with Gasteiger partial charge in [-0.15, -0.1) is 0 Å². The van der Waals surface area contributed by atoms with Crippen molar-refractivity contribution in [1.82, 2.24) is 4.98 Å². The van der Waals surface area contributed by atoms with Gasteiger partial charge in [0.2, 0.25) is 0 Å².